The lowest BCUT2D eigenvalue weighted by Gasteiger charge is -2.19. The monoisotopic (exact) mass is 315 g/mol. The Balaban J connectivity index is 2.21. The van der Waals surface area contributed by atoms with Crippen LogP contribution in [0.5, 0.6) is 0 Å². The summed E-state index contributed by atoms with van der Waals surface area (Å²) in [6.07, 6.45) is 1.96. The van der Waals surface area contributed by atoms with Crippen molar-refractivity contribution in [3.05, 3.63) is 35.6 Å². The predicted octanol–water partition coefficient (Wildman–Crippen LogP) is 3.58. The van der Waals surface area contributed by atoms with Gasteiger partial charge in [-0.25, -0.2) is 4.39 Å². The highest BCUT2D eigenvalue weighted by Gasteiger charge is 2.20. The van der Waals surface area contributed by atoms with Crippen LogP contribution in [-0.2, 0) is 0 Å². The summed E-state index contributed by atoms with van der Waals surface area (Å²) in [5, 5.41) is 8.14. The van der Waals surface area contributed by atoms with E-state index in [1.165, 1.54) is 35.2 Å². The second-order valence-electron chi connectivity index (χ2n) is 3.99. The summed E-state index contributed by atoms with van der Waals surface area (Å²) in [6, 6.07) is 6.45. The van der Waals surface area contributed by atoms with Crippen molar-refractivity contribution in [1.82, 2.24) is 10.2 Å². The molecule has 19 heavy (non-hydrogen) atoms. The summed E-state index contributed by atoms with van der Waals surface area (Å²) in [5.41, 5.74) is 6.89. The number of rotatable bonds is 5. The molecule has 0 aliphatic heterocycles. The number of hydrogen-bond acceptors (Lipinski definition) is 6. The van der Waals surface area contributed by atoms with Gasteiger partial charge in [0.15, 0.2) is 8.68 Å². The maximum absolute atomic E-state index is 13.3. The maximum atomic E-state index is 13.3. The van der Waals surface area contributed by atoms with Crippen molar-refractivity contribution in [2.24, 2.45) is 5.73 Å². The molecule has 1 aromatic carbocycles. The normalized spacial score (nSPS) is 14.3. The van der Waals surface area contributed by atoms with Crippen LogP contribution in [0.15, 0.2) is 32.9 Å². The minimum absolute atomic E-state index is 0.0293. The zero-order valence-electron chi connectivity index (χ0n) is 10.5. The number of nitrogens with two attached hydrogens (primary N) is 1. The molecule has 0 aliphatic rings. The van der Waals surface area contributed by atoms with E-state index in [1.807, 2.05) is 19.2 Å². The highest BCUT2D eigenvalue weighted by atomic mass is 32.2. The van der Waals surface area contributed by atoms with Gasteiger partial charge in [0.1, 0.15) is 5.82 Å². The third kappa shape index (κ3) is 3.92. The molecule has 7 heteroatoms. The Morgan fingerprint density at radius 3 is 2.63 bits per heavy atom. The minimum Gasteiger partial charge on any atom is -0.327 e. The van der Waals surface area contributed by atoms with Crippen molar-refractivity contribution in [2.75, 3.05) is 6.26 Å². The van der Waals surface area contributed by atoms with Gasteiger partial charge in [0.05, 0.1) is 5.25 Å². The smallest absolute Gasteiger partial charge is 0.175 e. The first kappa shape index (κ1) is 14.8. The fraction of sp³-hybridized carbons (Fsp3) is 0.333. The molecule has 0 saturated heterocycles. The first-order chi connectivity index (χ1) is 9.10. The Morgan fingerprint density at radius 1 is 1.32 bits per heavy atom. The zero-order valence-corrected chi connectivity index (χ0v) is 13.0. The van der Waals surface area contributed by atoms with Gasteiger partial charge < -0.3 is 5.73 Å². The van der Waals surface area contributed by atoms with Crippen LogP contribution in [0, 0.1) is 5.82 Å². The molecule has 1 heterocycles. The van der Waals surface area contributed by atoms with Crippen molar-refractivity contribution in [3.63, 3.8) is 0 Å². The molecule has 2 aromatic rings. The number of benzene rings is 1. The first-order valence-electron chi connectivity index (χ1n) is 5.65. The van der Waals surface area contributed by atoms with E-state index >= 15 is 0 Å². The summed E-state index contributed by atoms with van der Waals surface area (Å²) in [6.45, 7) is 1.92. The van der Waals surface area contributed by atoms with Crippen molar-refractivity contribution in [2.45, 2.75) is 26.9 Å². The number of thioether (sulfide) groups is 2. The van der Waals surface area contributed by atoms with E-state index in [2.05, 4.69) is 10.2 Å². The third-order valence-electron chi connectivity index (χ3n) is 2.45. The van der Waals surface area contributed by atoms with E-state index in [0.29, 0.717) is 0 Å². The summed E-state index contributed by atoms with van der Waals surface area (Å²) in [7, 11) is 0. The van der Waals surface area contributed by atoms with E-state index in [-0.39, 0.29) is 17.1 Å². The van der Waals surface area contributed by atoms with Gasteiger partial charge in [0.2, 0.25) is 0 Å². The minimum atomic E-state index is -0.245. The number of hydrogen-bond donors (Lipinski definition) is 1. The summed E-state index contributed by atoms with van der Waals surface area (Å²) >= 11 is 4.63. The first-order valence-corrected chi connectivity index (χ1v) is 8.57. The quantitative estimate of drug-likeness (QED) is 0.855. The molecule has 0 spiro atoms. The Hall–Kier alpha value is -0.630. The molecule has 0 aliphatic carbocycles. The van der Waals surface area contributed by atoms with Crippen LogP contribution in [-0.4, -0.2) is 22.5 Å². The summed E-state index contributed by atoms with van der Waals surface area (Å²) in [5.74, 6) is -0.245. The van der Waals surface area contributed by atoms with Gasteiger partial charge in [0.25, 0.3) is 0 Å². The average molecular weight is 315 g/mol. The van der Waals surface area contributed by atoms with Crippen molar-refractivity contribution in [3.8, 4) is 0 Å². The van der Waals surface area contributed by atoms with E-state index in [0.717, 1.165) is 14.2 Å². The SMILES string of the molecule is CSc1nnc(SC(c2cccc(F)c2)C(C)N)s1. The standard InChI is InChI=1S/C12H14FN3S3/c1-7(14)10(8-4-3-5-9(13)6-8)18-12-16-15-11(17-2)19-12/h3-7,10H,14H2,1-2H3. The Labute approximate surface area is 124 Å². The van der Waals surface area contributed by atoms with Crippen LogP contribution >= 0.6 is 34.9 Å². The van der Waals surface area contributed by atoms with Gasteiger partial charge in [-0.2, -0.15) is 0 Å². The van der Waals surface area contributed by atoms with E-state index in [1.54, 1.807) is 17.8 Å². The van der Waals surface area contributed by atoms with Crippen molar-refractivity contribution in [1.29, 1.82) is 0 Å². The van der Waals surface area contributed by atoms with Crippen LogP contribution in [0.3, 0.4) is 0 Å². The largest absolute Gasteiger partial charge is 0.327 e. The van der Waals surface area contributed by atoms with E-state index < -0.39 is 0 Å². The van der Waals surface area contributed by atoms with Crippen LogP contribution in [0.25, 0.3) is 0 Å². The highest BCUT2D eigenvalue weighted by Crippen LogP contribution is 2.39. The average Bonchev–Trinajstić information content (AvgIpc) is 2.83. The molecule has 1 aromatic heterocycles. The van der Waals surface area contributed by atoms with Crippen LogP contribution in [0.1, 0.15) is 17.7 Å². The highest BCUT2D eigenvalue weighted by molar-refractivity contribution is 8.03. The maximum Gasteiger partial charge on any atom is 0.175 e. The van der Waals surface area contributed by atoms with Gasteiger partial charge in [0, 0.05) is 6.04 Å². The van der Waals surface area contributed by atoms with E-state index in [9.17, 15) is 4.39 Å². The molecule has 3 nitrogen and oxygen atoms in total. The van der Waals surface area contributed by atoms with Gasteiger partial charge in [-0.3, -0.25) is 0 Å². The number of halogens is 1. The van der Waals surface area contributed by atoms with Gasteiger partial charge in [-0.05, 0) is 30.9 Å². The lowest BCUT2D eigenvalue weighted by atomic mass is 10.1. The van der Waals surface area contributed by atoms with Gasteiger partial charge in [-0.1, -0.05) is 47.0 Å². The fourth-order valence-electron chi connectivity index (χ4n) is 1.60. The molecule has 0 fully saturated rings. The molecular weight excluding hydrogens is 301 g/mol. The van der Waals surface area contributed by atoms with Crippen LogP contribution in [0.2, 0.25) is 0 Å². The lowest BCUT2D eigenvalue weighted by molar-refractivity contribution is 0.622. The topological polar surface area (TPSA) is 51.8 Å². The molecule has 0 amide bonds. The lowest BCUT2D eigenvalue weighted by Crippen LogP contribution is -2.22. The Morgan fingerprint density at radius 2 is 2.05 bits per heavy atom. The van der Waals surface area contributed by atoms with Gasteiger partial charge in [-0.15, -0.1) is 10.2 Å². The van der Waals surface area contributed by atoms with Crippen molar-refractivity contribution < 1.29 is 4.39 Å². The fourth-order valence-corrected chi connectivity index (χ4v) is 4.30. The summed E-state index contributed by atoms with van der Waals surface area (Å²) < 4.78 is 15.1. The molecule has 0 bridgehead atoms. The second kappa shape index (κ2) is 6.69. The molecule has 0 radical (unpaired) electrons. The molecular formula is C12H14FN3S3. The number of nitrogens with zero attached hydrogens (tertiary/aromatic N) is 2. The molecule has 2 rings (SSSR count). The predicted molar refractivity (Wildman–Crippen MR) is 80.3 cm³/mol. The third-order valence-corrected chi connectivity index (χ3v) is 5.92. The van der Waals surface area contributed by atoms with Gasteiger partial charge >= 0.3 is 0 Å². The summed E-state index contributed by atoms with van der Waals surface area (Å²) in [4.78, 5) is 0. The van der Waals surface area contributed by atoms with E-state index in [4.69, 9.17) is 5.73 Å². The Bertz CT molecular complexity index is 545. The zero-order chi connectivity index (χ0) is 13.8. The molecule has 2 atom stereocenters. The molecule has 0 saturated carbocycles. The van der Waals surface area contributed by atoms with Crippen LogP contribution in [0.4, 0.5) is 4.39 Å². The molecule has 102 valence electrons. The second-order valence-corrected chi connectivity index (χ2v) is 7.41. The molecule has 2 unspecified atom stereocenters. The molecule has 2 N–H and O–H groups in total. The number of aromatic nitrogens is 2. The Kier molecular flexibility index (Phi) is 5.20. The van der Waals surface area contributed by atoms with Crippen LogP contribution < -0.4 is 5.73 Å². The van der Waals surface area contributed by atoms with Crippen molar-refractivity contribution >= 4 is 34.9 Å².